The van der Waals surface area contributed by atoms with Crippen LogP contribution in [-0.4, -0.2) is 55.2 Å². The number of aromatic nitrogens is 4. The minimum atomic E-state index is -4.62. The number of amides is 4. The molecule has 4 amide bonds. The number of nitrogens with one attached hydrogen (secondary N) is 3. The van der Waals surface area contributed by atoms with E-state index in [-0.39, 0.29) is 23.1 Å². The van der Waals surface area contributed by atoms with Crippen molar-refractivity contribution in [2.45, 2.75) is 50.9 Å². The Morgan fingerprint density at radius 3 is 2.41 bits per heavy atom. The van der Waals surface area contributed by atoms with Crippen LogP contribution >= 0.6 is 0 Å². The summed E-state index contributed by atoms with van der Waals surface area (Å²) in [6.45, 7) is 6.59. The van der Waals surface area contributed by atoms with Gasteiger partial charge in [0.2, 0.25) is 0 Å². The highest BCUT2D eigenvalue weighted by Crippen LogP contribution is 2.37. The summed E-state index contributed by atoms with van der Waals surface area (Å²) in [6, 6.07) is 6.26. The lowest BCUT2D eigenvalue weighted by Gasteiger charge is -2.39. The van der Waals surface area contributed by atoms with Gasteiger partial charge >= 0.3 is 18.2 Å². The number of hydrogen-bond acceptors (Lipinski definition) is 6. The molecule has 0 radical (unpaired) electrons. The molecular formula is C29H31F4N9O2. The second kappa shape index (κ2) is 11.4. The molecule has 0 spiro atoms. The first-order valence-electron chi connectivity index (χ1n) is 13.7. The zero-order chi connectivity index (χ0) is 31.9. The average Bonchev–Trinajstić information content (AvgIpc) is 3.34. The van der Waals surface area contributed by atoms with E-state index < -0.39 is 29.1 Å². The van der Waals surface area contributed by atoms with E-state index in [9.17, 15) is 22.8 Å². The molecule has 0 atom stereocenters. The third-order valence-corrected chi connectivity index (χ3v) is 7.24. The highest BCUT2D eigenvalue weighted by molar-refractivity contribution is 5.99. The highest BCUT2D eigenvalue weighted by Gasteiger charge is 2.38. The molecule has 1 saturated heterocycles. The van der Waals surface area contributed by atoms with Crippen molar-refractivity contribution in [3.05, 3.63) is 72.2 Å². The fourth-order valence-corrected chi connectivity index (χ4v) is 5.03. The van der Waals surface area contributed by atoms with Crippen LogP contribution in [-0.2, 0) is 11.7 Å². The van der Waals surface area contributed by atoms with Crippen LogP contribution in [0.2, 0.25) is 0 Å². The number of rotatable bonds is 4. The SMILES string of the molecule is CC(C)(C)NC(=O)N1CCC(N)(c2cc(-c3ccc(NC(=O)Nc4cc(C(F)(F)F)ccn4)c(F)c3)c3cncnn23)CC1. The first-order valence-corrected chi connectivity index (χ1v) is 13.7. The molecule has 1 aliphatic rings. The number of fused-ring (bicyclic) bond motifs is 1. The van der Waals surface area contributed by atoms with E-state index in [0.29, 0.717) is 54.3 Å². The second-order valence-corrected chi connectivity index (χ2v) is 11.7. The summed E-state index contributed by atoms with van der Waals surface area (Å²) >= 11 is 0. The van der Waals surface area contributed by atoms with E-state index in [1.165, 1.54) is 18.5 Å². The molecule has 11 nitrogen and oxygen atoms in total. The van der Waals surface area contributed by atoms with Gasteiger partial charge in [0, 0.05) is 30.4 Å². The van der Waals surface area contributed by atoms with Crippen molar-refractivity contribution >= 4 is 29.1 Å². The fourth-order valence-electron chi connectivity index (χ4n) is 5.03. The molecule has 232 valence electrons. The summed E-state index contributed by atoms with van der Waals surface area (Å²) in [4.78, 5) is 34.6. The smallest absolute Gasteiger partial charge is 0.333 e. The summed E-state index contributed by atoms with van der Waals surface area (Å²) in [5, 5.41) is 11.8. The van der Waals surface area contributed by atoms with Crippen LogP contribution in [0.4, 0.5) is 38.7 Å². The number of hydrogen-bond donors (Lipinski definition) is 4. The molecule has 15 heteroatoms. The van der Waals surface area contributed by atoms with Gasteiger partial charge in [-0.3, -0.25) is 5.32 Å². The van der Waals surface area contributed by atoms with Gasteiger partial charge in [-0.05, 0) is 69.5 Å². The van der Waals surface area contributed by atoms with Crippen molar-refractivity contribution in [3.63, 3.8) is 0 Å². The van der Waals surface area contributed by atoms with Crippen LogP contribution in [0.25, 0.3) is 16.6 Å². The molecule has 5 N–H and O–H groups in total. The number of halogens is 4. The Bertz CT molecular complexity index is 1710. The van der Waals surface area contributed by atoms with E-state index >= 15 is 4.39 Å². The molecule has 0 saturated carbocycles. The number of pyridine rings is 1. The van der Waals surface area contributed by atoms with Crippen molar-refractivity contribution < 1.29 is 27.2 Å². The van der Waals surface area contributed by atoms with Gasteiger partial charge in [0.25, 0.3) is 0 Å². The summed E-state index contributed by atoms with van der Waals surface area (Å²) in [5.41, 5.74) is 6.81. The van der Waals surface area contributed by atoms with Crippen LogP contribution in [0.5, 0.6) is 0 Å². The Morgan fingerprint density at radius 1 is 1.02 bits per heavy atom. The predicted molar refractivity (Wildman–Crippen MR) is 155 cm³/mol. The molecule has 1 aliphatic heterocycles. The Balaban J connectivity index is 1.35. The highest BCUT2D eigenvalue weighted by atomic mass is 19.4. The number of carbonyl (C=O) groups excluding carboxylic acids is 2. The third-order valence-electron chi connectivity index (χ3n) is 7.24. The molecular weight excluding hydrogens is 582 g/mol. The maximum atomic E-state index is 15.2. The number of urea groups is 2. The van der Waals surface area contributed by atoms with Crippen molar-refractivity contribution in [2.75, 3.05) is 23.7 Å². The van der Waals surface area contributed by atoms with Gasteiger partial charge in [-0.1, -0.05) is 6.07 Å². The number of alkyl halides is 3. The van der Waals surface area contributed by atoms with Crippen molar-refractivity contribution in [1.82, 2.24) is 29.8 Å². The van der Waals surface area contributed by atoms with E-state index in [1.54, 1.807) is 21.7 Å². The van der Waals surface area contributed by atoms with Crippen LogP contribution in [0.15, 0.2) is 55.1 Å². The van der Waals surface area contributed by atoms with Gasteiger partial charge in [-0.15, -0.1) is 0 Å². The maximum Gasteiger partial charge on any atom is 0.416 e. The van der Waals surface area contributed by atoms with Gasteiger partial charge < -0.3 is 21.3 Å². The largest absolute Gasteiger partial charge is 0.416 e. The van der Waals surface area contributed by atoms with Crippen molar-refractivity contribution in [1.29, 1.82) is 0 Å². The zero-order valence-electron chi connectivity index (χ0n) is 24.2. The van der Waals surface area contributed by atoms with Crippen LogP contribution in [0.1, 0.15) is 44.9 Å². The predicted octanol–water partition coefficient (Wildman–Crippen LogP) is 5.35. The topological polar surface area (TPSA) is 143 Å². The van der Waals surface area contributed by atoms with Gasteiger partial charge in [0.05, 0.1) is 34.2 Å². The normalized spacial score (nSPS) is 15.2. The van der Waals surface area contributed by atoms with Crippen LogP contribution < -0.4 is 21.7 Å². The first-order chi connectivity index (χ1) is 20.6. The lowest BCUT2D eigenvalue weighted by atomic mass is 9.85. The molecule has 3 aromatic heterocycles. The maximum absolute atomic E-state index is 15.2. The molecule has 1 fully saturated rings. The lowest BCUT2D eigenvalue weighted by Crippen LogP contribution is -2.55. The molecule has 1 aromatic carbocycles. The number of carbonyl (C=O) groups is 2. The molecule has 44 heavy (non-hydrogen) atoms. The zero-order valence-corrected chi connectivity index (χ0v) is 24.2. The lowest BCUT2D eigenvalue weighted by molar-refractivity contribution is -0.137. The summed E-state index contributed by atoms with van der Waals surface area (Å²) < 4.78 is 55.8. The van der Waals surface area contributed by atoms with Gasteiger partial charge in [-0.2, -0.15) is 18.3 Å². The number of benzene rings is 1. The molecule has 5 rings (SSSR count). The molecule has 0 unspecified atom stereocenters. The molecule has 0 bridgehead atoms. The molecule has 0 aliphatic carbocycles. The monoisotopic (exact) mass is 613 g/mol. The Labute approximate surface area is 249 Å². The second-order valence-electron chi connectivity index (χ2n) is 11.7. The number of nitrogens with two attached hydrogens (primary N) is 1. The van der Waals surface area contributed by atoms with Gasteiger partial charge in [0.1, 0.15) is 18.0 Å². The van der Waals surface area contributed by atoms with Crippen molar-refractivity contribution in [3.8, 4) is 11.1 Å². The minimum absolute atomic E-state index is 0.161. The number of anilines is 2. The molecule has 4 aromatic rings. The number of nitrogens with zero attached hydrogens (tertiary/aromatic N) is 5. The quantitative estimate of drug-likeness (QED) is 0.229. The van der Waals surface area contributed by atoms with E-state index in [1.807, 2.05) is 26.8 Å². The van der Waals surface area contributed by atoms with Gasteiger partial charge in [0.15, 0.2) is 0 Å². The average molecular weight is 614 g/mol. The van der Waals surface area contributed by atoms with E-state index in [2.05, 4.69) is 31.0 Å². The first kappa shape index (κ1) is 30.7. The number of piperidine rings is 1. The minimum Gasteiger partial charge on any atom is -0.333 e. The summed E-state index contributed by atoms with van der Waals surface area (Å²) in [6.07, 6.45) is 0.185. The van der Waals surface area contributed by atoms with E-state index in [0.717, 1.165) is 12.3 Å². The Kier molecular flexibility index (Phi) is 7.92. The standard InChI is InChI=1S/C29H31F4N9O2/c1-27(2,3)40-26(44)41-10-7-28(34,8-11-41)23-14-19(22-15-35-16-37-42(22)23)17-4-5-21(20(30)12-17)38-25(43)39-24-13-18(6-9-36-24)29(31,32)33/h4-6,9,12-16H,7-8,10-11,34H2,1-3H3,(H,40,44)(H2,36,38,39,43). The number of likely N-dealkylation sites (tertiary alicyclic amines) is 1. The van der Waals surface area contributed by atoms with Crippen molar-refractivity contribution in [2.24, 2.45) is 5.73 Å². The van der Waals surface area contributed by atoms with Gasteiger partial charge in [-0.25, -0.2) is 28.5 Å². The van der Waals surface area contributed by atoms with Crippen LogP contribution in [0, 0.1) is 5.82 Å². The van der Waals surface area contributed by atoms with Crippen LogP contribution in [0.3, 0.4) is 0 Å². The van der Waals surface area contributed by atoms with E-state index in [4.69, 9.17) is 5.73 Å². The fraction of sp³-hybridized carbons (Fsp3) is 0.345. The third kappa shape index (κ3) is 6.56. The Hall–Kier alpha value is -4.79. The Morgan fingerprint density at radius 2 is 1.75 bits per heavy atom. The summed E-state index contributed by atoms with van der Waals surface area (Å²) in [7, 11) is 0. The molecule has 4 heterocycles. The summed E-state index contributed by atoms with van der Waals surface area (Å²) in [5.74, 6) is -1.13.